The van der Waals surface area contributed by atoms with Crippen LogP contribution in [-0.2, 0) is 17.7 Å². The van der Waals surface area contributed by atoms with Gasteiger partial charge in [-0.2, -0.15) is 0 Å². The topological polar surface area (TPSA) is 111 Å². The van der Waals surface area contributed by atoms with Crippen molar-refractivity contribution in [3.05, 3.63) is 64.0 Å². The SMILES string of the molecule is COCC#Cc1cnc(Nc2cc([N+](=O)[O-])c(N(C)CCN(C)C)cc2OC)nc1-c1cn2c3c(cccc13)CCC2. The van der Waals surface area contributed by atoms with Crippen LogP contribution in [0, 0.1) is 22.0 Å². The van der Waals surface area contributed by atoms with Crippen LogP contribution in [0.15, 0.2) is 42.7 Å². The molecule has 1 N–H and O–H groups in total. The zero-order chi connectivity index (χ0) is 29.8. The quantitative estimate of drug-likeness (QED) is 0.165. The number of nitro groups is 1. The van der Waals surface area contributed by atoms with Crippen LogP contribution in [0.25, 0.3) is 22.2 Å². The molecule has 1 aliphatic heterocycles. The summed E-state index contributed by atoms with van der Waals surface area (Å²) < 4.78 is 13.1. The monoisotopic (exact) mass is 569 g/mol. The van der Waals surface area contributed by atoms with Crippen LogP contribution < -0.4 is 15.0 Å². The van der Waals surface area contributed by atoms with E-state index in [4.69, 9.17) is 14.5 Å². The number of nitro benzene ring substituents is 1. The number of nitrogens with zero attached hydrogens (tertiary/aromatic N) is 6. The maximum atomic E-state index is 12.1. The van der Waals surface area contributed by atoms with Gasteiger partial charge in [-0.15, -0.1) is 0 Å². The summed E-state index contributed by atoms with van der Waals surface area (Å²) >= 11 is 0. The van der Waals surface area contributed by atoms with Crippen molar-refractivity contribution in [3.8, 4) is 28.8 Å². The molecule has 0 fully saturated rings. The second-order valence-electron chi connectivity index (χ2n) is 10.5. The van der Waals surface area contributed by atoms with E-state index in [1.807, 2.05) is 30.9 Å². The van der Waals surface area contributed by atoms with E-state index in [0.29, 0.717) is 34.9 Å². The molecule has 1 aliphatic rings. The van der Waals surface area contributed by atoms with Crippen LogP contribution in [-0.4, -0.2) is 79.4 Å². The van der Waals surface area contributed by atoms with Gasteiger partial charge in [0, 0.05) is 69.3 Å². The number of aromatic nitrogens is 3. The number of aryl methyl sites for hydroxylation is 2. The minimum Gasteiger partial charge on any atom is -0.494 e. The molecule has 3 heterocycles. The maximum absolute atomic E-state index is 12.1. The summed E-state index contributed by atoms with van der Waals surface area (Å²) in [4.78, 5) is 25.0. The molecule has 42 heavy (non-hydrogen) atoms. The molecule has 0 saturated heterocycles. The minimum atomic E-state index is -0.388. The van der Waals surface area contributed by atoms with E-state index in [1.165, 1.54) is 24.3 Å². The zero-order valence-corrected chi connectivity index (χ0v) is 24.6. The van der Waals surface area contributed by atoms with Crippen molar-refractivity contribution in [2.75, 3.05) is 65.3 Å². The molecule has 0 unspecified atom stereocenters. The molecule has 0 atom stereocenters. The van der Waals surface area contributed by atoms with E-state index < -0.39 is 0 Å². The Balaban J connectivity index is 1.58. The summed E-state index contributed by atoms with van der Waals surface area (Å²) in [6.45, 7) is 2.56. The van der Waals surface area contributed by atoms with Gasteiger partial charge in [-0.25, -0.2) is 9.97 Å². The average Bonchev–Trinajstić information content (AvgIpc) is 3.36. The molecule has 0 bridgehead atoms. The zero-order valence-electron chi connectivity index (χ0n) is 24.6. The molecule has 5 rings (SSSR count). The fraction of sp³-hybridized carbons (Fsp3) is 0.355. The number of likely N-dealkylation sites (N-methyl/N-ethyl adjacent to an activating group) is 2. The number of methoxy groups -OCH3 is 2. The number of ether oxygens (including phenoxy) is 2. The molecule has 2 aromatic heterocycles. The highest BCUT2D eigenvalue weighted by molar-refractivity contribution is 5.98. The highest BCUT2D eigenvalue weighted by atomic mass is 16.6. The lowest BCUT2D eigenvalue weighted by molar-refractivity contribution is -0.384. The Morgan fingerprint density at radius 3 is 2.76 bits per heavy atom. The van der Waals surface area contributed by atoms with Gasteiger partial charge in [-0.1, -0.05) is 30.0 Å². The fourth-order valence-electron chi connectivity index (χ4n) is 5.25. The van der Waals surface area contributed by atoms with E-state index in [0.717, 1.165) is 36.9 Å². The Morgan fingerprint density at radius 2 is 2.02 bits per heavy atom. The lowest BCUT2D eigenvalue weighted by Crippen LogP contribution is -2.28. The van der Waals surface area contributed by atoms with Crippen LogP contribution in [0.3, 0.4) is 0 Å². The molecule has 0 radical (unpaired) electrons. The number of hydrogen-bond acceptors (Lipinski definition) is 9. The predicted molar refractivity (Wildman–Crippen MR) is 165 cm³/mol. The third-order valence-corrected chi connectivity index (χ3v) is 7.34. The number of rotatable bonds is 10. The fourth-order valence-corrected chi connectivity index (χ4v) is 5.25. The standard InChI is InChI=1S/C31H35N7O4/c1-35(2)14-15-36(3)26-18-28(42-5)25(17-27(26)38(39)40)33-31-32-19-22(11-8-16-41-4)29(34-31)24-20-37-13-7-10-21-9-6-12-23(24)30(21)37/h6,9,12,17-20H,7,10,13-16H2,1-5H3,(H,32,33,34). The normalized spacial score (nSPS) is 12.2. The maximum Gasteiger partial charge on any atom is 0.294 e. The molecule has 0 aliphatic carbocycles. The molecular weight excluding hydrogens is 534 g/mol. The van der Waals surface area contributed by atoms with Crippen molar-refractivity contribution >= 4 is 33.9 Å². The summed E-state index contributed by atoms with van der Waals surface area (Å²) in [6.07, 6.45) is 5.92. The molecule has 0 saturated carbocycles. The minimum absolute atomic E-state index is 0.0455. The van der Waals surface area contributed by atoms with Crippen LogP contribution in [0.2, 0.25) is 0 Å². The van der Waals surface area contributed by atoms with Gasteiger partial charge in [0.1, 0.15) is 18.0 Å². The van der Waals surface area contributed by atoms with E-state index in [1.54, 1.807) is 19.4 Å². The van der Waals surface area contributed by atoms with Crippen molar-refractivity contribution in [3.63, 3.8) is 0 Å². The second kappa shape index (κ2) is 12.5. The van der Waals surface area contributed by atoms with Gasteiger partial charge in [-0.05, 0) is 32.5 Å². The van der Waals surface area contributed by atoms with Gasteiger partial charge >= 0.3 is 0 Å². The predicted octanol–water partition coefficient (Wildman–Crippen LogP) is 4.70. The van der Waals surface area contributed by atoms with Crippen molar-refractivity contribution in [2.45, 2.75) is 19.4 Å². The van der Waals surface area contributed by atoms with Gasteiger partial charge in [0.25, 0.3) is 5.69 Å². The third-order valence-electron chi connectivity index (χ3n) is 7.34. The first-order valence-electron chi connectivity index (χ1n) is 13.8. The Hall–Kier alpha value is -4.66. The Bertz CT molecular complexity index is 1690. The first kappa shape index (κ1) is 28.9. The number of anilines is 3. The van der Waals surface area contributed by atoms with Gasteiger partial charge in [0.05, 0.1) is 34.5 Å². The van der Waals surface area contributed by atoms with Crippen LogP contribution >= 0.6 is 0 Å². The third kappa shape index (κ3) is 5.86. The van der Waals surface area contributed by atoms with Crippen molar-refractivity contribution in [1.82, 2.24) is 19.4 Å². The number of hydrogen-bond donors (Lipinski definition) is 1. The van der Waals surface area contributed by atoms with E-state index in [-0.39, 0.29) is 23.2 Å². The molecule has 4 aromatic rings. The molecule has 0 amide bonds. The average molecular weight is 570 g/mol. The lowest BCUT2D eigenvalue weighted by Gasteiger charge is -2.22. The number of para-hydroxylation sites is 1. The van der Waals surface area contributed by atoms with Gasteiger partial charge in [0.15, 0.2) is 0 Å². The summed E-state index contributed by atoms with van der Waals surface area (Å²) in [6, 6.07) is 9.50. The van der Waals surface area contributed by atoms with E-state index in [2.05, 4.69) is 51.1 Å². The molecule has 218 valence electrons. The van der Waals surface area contributed by atoms with Gasteiger partial charge in [0.2, 0.25) is 5.95 Å². The first-order valence-corrected chi connectivity index (χ1v) is 13.8. The highest BCUT2D eigenvalue weighted by Crippen LogP contribution is 2.40. The van der Waals surface area contributed by atoms with E-state index >= 15 is 0 Å². The Kier molecular flexibility index (Phi) is 8.56. The van der Waals surface area contributed by atoms with Crippen LogP contribution in [0.1, 0.15) is 17.5 Å². The second-order valence-corrected chi connectivity index (χ2v) is 10.5. The Morgan fingerprint density at radius 1 is 1.19 bits per heavy atom. The van der Waals surface area contributed by atoms with Gasteiger partial charge < -0.3 is 29.2 Å². The lowest BCUT2D eigenvalue weighted by atomic mass is 10.0. The van der Waals surface area contributed by atoms with Gasteiger partial charge in [-0.3, -0.25) is 10.1 Å². The smallest absolute Gasteiger partial charge is 0.294 e. The summed E-state index contributed by atoms with van der Waals surface area (Å²) in [7, 11) is 8.88. The van der Waals surface area contributed by atoms with Crippen LogP contribution in [0.4, 0.5) is 23.0 Å². The number of benzene rings is 2. The van der Waals surface area contributed by atoms with Crippen molar-refractivity contribution in [2.24, 2.45) is 0 Å². The summed E-state index contributed by atoms with van der Waals surface area (Å²) in [5.74, 6) is 6.88. The summed E-state index contributed by atoms with van der Waals surface area (Å²) in [5, 5.41) is 16.4. The largest absolute Gasteiger partial charge is 0.494 e. The molecule has 2 aromatic carbocycles. The van der Waals surface area contributed by atoms with Crippen molar-refractivity contribution < 1.29 is 14.4 Å². The Labute approximate surface area is 245 Å². The molecule has 11 heteroatoms. The molecular formula is C31H35N7O4. The van der Waals surface area contributed by atoms with Crippen LogP contribution in [0.5, 0.6) is 5.75 Å². The number of nitrogens with one attached hydrogen (secondary N) is 1. The first-order chi connectivity index (χ1) is 20.3. The highest BCUT2D eigenvalue weighted by Gasteiger charge is 2.24. The molecule has 11 nitrogen and oxygen atoms in total. The van der Waals surface area contributed by atoms with E-state index in [9.17, 15) is 10.1 Å². The van der Waals surface area contributed by atoms with Crippen molar-refractivity contribution in [1.29, 1.82) is 0 Å². The summed E-state index contributed by atoms with van der Waals surface area (Å²) in [5.41, 5.74) is 5.63. The molecule has 0 spiro atoms.